The van der Waals surface area contributed by atoms with Gasteiger partial charge < -0.3 is 10.1 Å². The van der Waals surface area contributed by atoms with Crippen LogP contribution in [-0.2, 0) is 4.79 Å². The van der Waals surface area contributed by atoms with E-state index in [2.05, 4.69) is 11.9 Å². The molecule has 0 bridgehead atoms. The Balaban J connectivity index is 1.86. The Hall–Kier alpha value is -2.88. The lowest BCUT2D eigenvalue weighted by atomic mass is 10.1. The summed E-state index contributed by atoms with van der Waals surface area (Å²) in [6, 6.07) is 13.7. The van der Waals surface area contributed by atoms with Crippen LogP contribution < -0.4 is 10.1 Å². The van der Waals surface area contributed by atoms with E-state index in [-0.39, 0.29) is 5.91 Å². The Labute approximate surface area is 115 Å². The molecule has 0 saturated heterocycles. The second kappa shape index (κ2) is 4.66. The number of nitrogens with one attached hydrogen (secondary N) is 1. The zero-order valence-electron chi connectivity index (χ0n) is 10.6. The van der Waals surface area contributed by atoms with Crippen molar-refractivity contribution in [2.45, 2.75) is 0 Å². The van der Waals surface area contributed by atoms with Crippen molar-refractivity contribution in [3.05, 3.63) is 66.2 Å². The minimum atomic E-state index is -0.467. The summed E-state index contributed by atoms with van der Waals surface area (Å²) < 4.78 is 5.24. The third kappa shape index (κ3) is 2.07. The summed E-state index contributed by atoms with van der Waals surface area (Å²) in [6.07, 6.45) is 0. The number of carbonyl (C=O) groups is 2. The molecule has 1 amide bonds. The Kier molecular flexibility index (Phi) is 2.84. The zero-order chi connectivity index (χ0) is 14.1. The number of anilines is 1. The molecule has 0 fully saturated rings. The van der Waals surface area contributed by atoms with E-state index < -0.39 is 5.97 Å². The van der Waals surface area contributed by atoms with Crippen LogP contribution in [0.4, 0.5) is 5.69 Å². The van der Waals surface area contributed by atoms with E-state index in [9.17, 15) is 9.59 Å². The molecule has 4 heteroatoms. The van der Waals surface area contributed by atoms with Crippen molar-refractivity contribution in [2.24, 2.45) is 0 Å². The van der Waals surface area contributed by atoms with Gasteiger partial charge >= 0.3 is 5.97 Å². The number of hydrogen-bond acceptors (Lipinski definition) is 3. The average molecular weight is 265 g/mol. The van der Waals surface area contributed by atoms with Gasteiger partial charge in [0.1, 0.15) is 5.75 Å². The number of benzene rings is 2. The summed E-state index contributed by atoms with van der Waals surface area (Å²) in [5.74, 6) is -0.231. The number of fused-ring (bicyclic) bond motifs is 1. The van der Waals surface area contributed by atoms with E-state index >= 15 is 0 Å². The number of para-hydroxylation sites is 1. The summed E-state index contributed by atoms with van der Waals surface area (Å²) in [5.41, 5.74) is 2.08. The maximum absolute atomic E-state index is 12.0. The predicted molar refractivity (Wildman–Crippen MR) is 75.5 cm³/mol. The Morgan fingerprint density at radius 3 is 2.60 bits per heavy atom. The lowest BCUT2D eigenvalue weighted by Crippen LogP contribution is -2.09. The fourth-order valence-electron chi connectivity index (χ4n) is 2.01. The molecule has 1 aliphatic heterocycles. The van der Waals surface area contributed by atoms with Crippen LogP contribution in [0.2, 0.25) is 0 Å². The molecule has 4 nitrogen and oxygen atoms in total. The molecule has 1 heterocycles. The third-order valence-electron chi connectivity index (χ3n) is 3.06. The number of rotatable bonds is 2. The minimum Gasteiger partial charge on any atom is -0.423 e. The molecule has 2 aromatic rings. The summed E-state index contributed by atoms with van der Waals surface area (Å²) in [4.78, 5) is 23.5. The van der Waals surface area contributed by atoms with Crippen LogP contribution in [0.25, 0.3) is 5.57 Å². The maximum atomic E-state index is 12.0. The van der Waals surface area contributed by atoms with Gasteiger partial charge in [-0.25, -0.2) is 4.79 Å². The van der Waals surface area contributed by atoms with Gasteiger partial charge in [-0.05, 0) is 24.3 Å². The first kappa shape index (κ1) is 12.2. The van der Waals surface area contributed by atoms with Crippen LogP contribution in [0.5, 0.6) is 5.75 Å². The molecule has 0 aromatic heterocycles. The van der Waals surface area contributed by atoms with Crippen molar-refractivity contribution in [1.29, 1.82) is 0 Å². The van der Waals surface area contributed by atoms with Gasteiger partial charge in [0.05, 0.1) is 5.56 Å². The number of hydrogen-bond donors (Lipinski definition) is 1. The van der Waals surface area contributed by atoms with Gasteiger partial charge in [-0.1, -0.05) is 30.8 Å². The molecule has 2 aromatic carbocycles. The van der Waals surface area contributed by atoms with Crippen molar-refractivity contribution in [3.8, 4) is 5.75 Å². The lowest BCUT2D eigenvalue weighted by molar-refractivity contribution is -0.110. The van der Waals surface area contributed by atoms with E-state index in [1.165, 1.54) is 0 Å². The Morgan fingerprint density at radius 2 is 1.85 bits per heavy atom. The molecule has 1 aliphatic rings. The molecular formula is C16H11NO3. The molecule has 0 spiro atoms. The topological polar surface area (TPSA) is 55.4 Å². The summed E-state index contributed by atoms with van der Waals surface area (Å²) in [5, 5.41) is 2.66. The fourth-order valence-corrected chi connectivity index (χ4v) is 2.01. The normalized spacial score (nSPS) is 12.8. The smallest absolute Gasteiger partial charge is 0.343 e. The summed E-state index contributed by atoms with van der Waals surface area (Å²) >= 11 is 0. The first-order valence-corrected chi connectivity index (χ1v) is 6.07. The predicted octanol–water partition coefficient (Wildman–Crippen LogP) is 2.87. The van der Waals surface area contributed by atoms with E-state index in [1.54, 1.807) is 42.5 Å². The summed E-state index contributed by atoms with van der Waals surface area (Å²) in [7, 11) is 0. The molecule has 98 valence electrons. The van der Waals surface area contributed by atoms with Crippen LogP contribution in [0.3, 0.4) is 0 Å². The van der Waals surface area contributed by atoms with Crippen molar-refractivity contribution in [1.82, 2.24) is 0 Å². The molecule has 3 rings (SSSR count). The van der Waals surface area contributed by atoms with Crippen molar-refractivity contribution in [3.63, 3.8) is 0 Å². The van der Waals surface area contributed by atoms with Crippen molar-refractivity contribution in [2.75, 3.05) is 5.32 Å². The largest absolute Gasteiger partial charge is 0.423 e. The molecule has 0 aliphatic carbocycles. The lowest BCUT2D eigenvalue weighted by Gasteiger charge is -2.05. The van der Waals surface area contributed by atoms with Gasteiger partial charge in [-0.3, -0.25) is 4.79 Å². The van der Waals surface area contributed by atoms with Crippen LogP contribution in [0.1, 0.15) is 15.9 Å². The highest BCUT2D eigenvalue weighted by Gasteiger charge is 2.23. The van der Waals surface area contributed by atoms with Gasteiger partial charge in [0.2, 0.25) is 0 Å². The second-order valence-electron chi connectivity index (χ2n) is 4.40. The molecular weight excluding hydrogens is 254 g/mol. The SMILES string of the molecule is C=C1C(=O)Nc2cc(C(=O)Oc3ccccc3)ccc21. The molecule has 0 radical (unpaired) electrons. The fraction of sp³-hybridized carbons (Fsp3) is 0. The molecule has 0 saturated carbocycles. The van der Waals surface area contributed by atoms with Gasteiger partial charge in [0, 0.05) is 16.8 Å². The van der Waals surface area contributed by atoms with Crippen LogP contribution >= 0.6 is 0 Å². The van der Waals surface area contributed by atoms with Gasteiger partial charge in [-0.2, -0.15) is 0 Å². The maximum Gasteiger partial charge on any atom is 0.343 e. The molecule has 1 N–H and O–H groups in total. The van der Waals surface area contributed by atoms with Crippen LogP contribution in [0, 0.1) is 0 Å². The van der Waals surface area contributed by atoms with Gasteiger partial charge in [-0.15, -0.1) is 0 Å². The summed E-state index contributed by atoms with van der Waals surface area (Å²) in [6.45, 7) is 3.69. The van der Waals surface area contributed by atoms with E-state index in [0.29, 0.717) is 28.1 Å². The third-order valence-corrected chi connectivity index (χ3v) is 3.06. The first-order chi connectivity index (χ1) is 9.65. The highest BCUT2D eigenvalue weighted by Crippen LogP contribution is 2.31. The van der Waals surface area contributed by atoms with Crippen molar-refractivity contribution >= 4 is 23.1 Å². The van der Waals surface area contributed by atoms with E-state index in [1.807, 2.05) is 6.07 Å². The minimum absolute atomic E-state index is 0.242. The number of ether oxygens (including phenoxy) is 1. The first-order valence-electron chi connectivity index (χ1n) is 6.07. The average Bonchev–Trinajstić information content (AvgIpc) is 2.74. The van der Waals surface area contributed by atoms with E-state index in [4.69, 9.17) is 4.74 Å². The zero-order valence-corrected chi connectivity index (χ0v) is 10.6. The van der Waals surface area contributed by atoms with Crippen LogP contribution in [0.15, 0.2) is 55.1 Å². The second-order valence-corrected chi connectivity index (χ2v) is 4.40. The molecule has 20 heavy (non-hydrogen) atoms. The van der Waals surface area contributed by atoms with E-state index in [0.717, 1.165) is 0 Å². The standard InChI is InChI=1S/C16H11NO3/c1-10-13-8-7-11(9-14(13)17-15(10)18)16(19)20-12-5-3-2-4-6-12/h2-9H,1H2,(H,17,18). The quantitative estimate of drug-likeness (QED) is 0.516. The highest BCUT2D eigenvalue weighted by molar-refractivity contribution is 6.31. The Bertz CT molecular complexity index is 720. The molecule has 0 unspecified atom stereocenters. The van der Waals surface area contributed by atoms with Crippen molar-refractivity contribution < 1.29 is 14.3 Å². The number of carbonyl (C=O) groups excluding carboxylic acids is 2. The van der Waals surface area contributed by atoms with Gasteiger partial charge in [0.25, 0.3) is 5.91 Å². The number of esters is 1. The highest BCUT2D eigenvalue weighted by atomic mass is 16.5. The number of amides is 1. The monoisotopic (exact) mass is 265 g/mol. The molecule has 0 atom stereocenters. The van der Waals surface area contributed by atoms with Gasteiger partial charge in [0.15, 0.2) is 0 Å². The van der Waals surface area contributed by atoms with Crippen LogP contribution in [-0.4, -0.2) is 11.9 Å². The Morgan fingerprint density at radius 1 is 1.10 bits per heavy atom.